The van der Waals surface area contributed by atoms with E-state index in [1.165, 1.54) is 0 Å². The predicted molar refractivity (Wildman–Crippen MR) is 43.1 cm³/mol. The van der Waals surface area contributed by atoms with E-state index >= 15 is 0 Å². The number of hydrogen-bond acceptors (Lipinski definition) is 2. The van der Waals surface area contributed by atoms with Gasteiger partial charge in [-0.25, -0.2) is 0 Å². The summed E-state index contributed by atoms with van der Waals surface area (Å²) in [5.41, 5.74) is -0.296. The maximum Gasteiger partial charge on any atom is 0.139 e. The molecule has 2 nitrogen and oxygen atoms in total. The van der Waals surface area contributed by atoms with Gasteiger partial charge < -0.3 is 4.79 Å². The third-order valence-corrected chi connectivity index (χ3v) is 1.83. The van der Waals surface area contributed by atoms with Gasteiger partial charge in [-0.2, -0.15) is 0 Å². The van der Waals surface area contributed by atoms with Crippen LogP contribution < -0.4 is 0 Å². The molecule has 0 aromatic heterocycles. The molecule has 0 saturated carbocycles. The highest BCUT2D eigenvalue weighted by atomic mass is 16.1. The third kappa shape index (κ3) is 2.48. The number of rotatable bonds is 4. The van der Waals surface area contributed by atoms with E-state index in [1.54, 1.807) is 0 Å². The molecule has 0 N–H and O–H groups in total. The summed E-state index contributed by atoms with van der Waals surface area (Å²) in [6, 6.07) is 0. The van der Waals surface area contributed by atoms with Crippen molar-refractivity contribution in [3.05, 3.63) is 0 Å². The molecule has 0 rings (SSSR count). The Labute approximate surface area is 63.2 Å². The van der Waals surface area contributed by atoms with E-state index in [-0.39, 0.29) is 5.54 Å². The highest BCUT2D eigenvalue weighted by molar-refractivity contribution is 5.62. The van der Waals surface area contributed by atoms with Crippen LogP contribution in [0.4, 0.5) is 0 Å². The van der Waals surface area contributed by atoms with Crippen molar-refractivity contribution in [3.63, 3.8) is 0 Å². The Balaban J connectivity index is 3.90. The summed E-state index contributed by atoms with van der Waals surface area (Å²) in [7, 11) is 1.97. The maximum atomic E-state index is 10.5. The van der Waals surface area contributed by atoms with Crippen molar-refractivity contribution in [1.82, 2.24) is 4.90 Å². The largest absolute Gasteiger partial charge is 0.301 e. The van der Waals surface area contributed by atoms with Gasteiger partial charge in [0.1, 0.15) is 6.29 Å². The quantitative estimate of drug-likeness (QED) is 0.553. The van der Waals surface area contributed by atoms with E-state index in [0.29, 0.717) is 0 Å². The lowest BCUT2D eigenvalue weighted by molar-refractivity contribution is -0.116. The van der Waals surface area contributed by atoms with Crippen molar-refractivity contribution in [2.45, 2.75) is 32.7 Å². The van der Waals surface area contributed by atoms with Crippen LogP contribution in [0.25, 0.3) is 0 Å². The highest BCUT2D eigenvalue weighted by Crippen LogP contribution is 2.07. The zero-order valence-electron chi connectivity index (χ0n) is 7.35. The second-order valence-electron chi connectivity index (χ2n) is 3.19. The van der Waals surface area contributed by atoms with Gasteiger partial charge in [0.25, 0.3) is 0 Å². The number of carbonyl (C=O) groups excluding carboxylic acids is 1. The second-order valence-corrected chi connectivity index (χ2v) is 3.19. The van der Waals surface area contributed by atoms with Crippen LogP contribution in [-0.4, -0.2) is 30.3 Å². The minimum Gasteiger partial charge on any atom is -0.301 e. The Morgan fingerprint density at radius 2 is 2.00 bits per heavy atom. The van der Waals surface area contributed by atoms with E-state index in [1.807, 2.05) is 20.9 Å². The smallest absolute Gasteiger partial charge is 0.139 e. The van der Waals surface area contributed by atoms with Gasteiger partial charge in [0, 0.05) is 0 Å². The zero-order chi connectivity index (χ0) is 8.20. The first-order chi connectivity index (χ1) is 4.54. The van der Waals surface area contributed by atoms with Crippen molar-refractivity contribution in [2.75, 3.05) is 13.6 Å². The molecule has 0 bridgehead atoms. The van der Waals surface area contributed by atoms with Crippen LogP contribution in [0.3, 0.4) is 0 Å². The van der Waals surface area contributed by atoms with Gasteiger partial charge in [-0.1, -0.05) is 6.92 Å². The number of nitrogens with zero attached hydrogens (tertiary/aromatic N) is 1. The molecule has 0 aliphatic carbocycles. The molecular formula is C8H17NO. The van der Waals surface area contributed by atoms with Crippen LogP contribution in [0.1, 0.15) is 27.2 Å². The summed E-state index contributed by atoms with van der Waals surface area (Å²) in [6.07, 6.45) is 2.08. The summed E-state index contributed by atoms with van der Waals surface area (Å²) in [4.78, 5) is 12.6. The topological polar surface area (TPSA) is 20.3 Å². The van der Waals surface area contributed by atoms with Crippen LogP contribution in [0.15, 0.2) is 0 Å². The molecule has 60 valence electrons. The van der Waals surface area contributed by atoms with Gasteiger partial charge in [-0.15, -0.1) is 0 Å². The van der Waals surface area contributed by atoms with Crippen molar-refractivity contribution < 1.29 is 4.79 Å². The van der Waals surface area contributed by atoms with Crippen LogP contribution in [-0.2, 0) is 4.79 Å². The fourth-order valence-electron chi connectivity index (χ4n) is 0.714. The summed E-state index contributed by atoms with van der Waals surface area (Å²) < 4.78 is 0. The van der Waals surface area contributed by atoms with Gasteiger partial charge >= 0.3 is 0 Å². The van der Waals surface area contributed by atoms with E-state index in [0.717, 1.165) is 19.3 Å². The Kier molecular flexibility index (Phi) is 3.58. The molecule has 0 unspecified atom stereocenters. The number of likely N-dealkylation sites (N-methyl/N-ethyl adjacent to an activating group) is 1. The molecular weight excluding hydrogens is 126 g/mol. The maximum absolute atomic E-state index is 10.5. The predicted octanol–water partition coefficient (Wildman–Crippen LogP) is 1.31. The van der Waals surface area contributed by atoms with Gasteiger partial charge in [0.15, 0.2) is 0 Å². The number of carbonyl (C=O) groups is 1. The van der Waals surface area contributed by atoms with Gasteiger partial charge in [0.05, 0.1) is 5.54 Å². The van der Waals surface area contributed by atoms with Crippen molar-refractivity contribution in [1.29, 1.82) is 0 Å². The van der Waals surface area contributed by atoms with Crippen molar-refractivity contribution in [3.8, 4) is 0 Å². The standard InChI is InChI=1S/C8H17NO/c1-5-6-9(4)8(2,3)7-10/h7H,5-6H2,1-4H3. The first-order valence-electron chi connectivity index (χ1n) is 3.72. The summed E-state index contributed by atoms with van der Waals surface area (Å²) in [6.45, 7) is 6.94. The van der Waals surface area contributed by atoms with Crippen LogP contribution >= 0.6 is 0 Å². The fourth-order valence-corrected chi connectivity index (χ4v) is 0.714. The van der Waals surface area contributed by atoms with Crippen LogP contribution in [0.5, 0.6) is 0 Å². The molecule has 2 heteroatoms. The molecule has 0 aliphatic rings. The summed E-state index contributed by atoms with van der Waals surface area (Å²) in [5, 5.41) is 0. The molecule has 0 atom stereocenters. The van der Waals surface area contributed by atoms with Gasteiger partial charge in [-0.3, -0.25) is 4.90 Å². The van der Waals surface area contributed by atoms with Crippen LogP contribution in [0.2, 0.25) is 0 Å². The molecule has 0 fully saturated rings. The number of aldehydes is 1. The Bertz CT molecular complexity index is 110. The average molecular weight is 143 g/mol. The molecule has 0 spiro atoms. The number of hydrogen-bond donors (Lipinski definition) is 0. The van der Waals surface area contributed by atoms with Crippen molar-refractivity contribution in [2.24, 2.45) is 0 Å². The lowest BCUT2D eigenvalue weighted by Gasteiger charge is -2.29. The van der Waals surface area contributed by atoms with Gasteiger partial charge in [0.2, 0.25) is 0 Å². The van der Waals surface area contributed by atoms with Crippen LogP contribution in [0, 0.1) is 0 Å². The molecule has 0 heterocycles. The third-order valence-electron chi connectivity index (χ3n) is 1.83. The summed E-state index contributed by atoms with van der Waals surface area (Å²) in [5.74, 6) is 0. The van der Waals surface area contributed by atoms with E-state index in [4.69, 9.17) is 0 Å². The molecule has 0 aromatic carbocycles. The lowest BCUT2D eigenvalue weighted by Crippen LogP contribution is -2.42. The summed E-state index contributed by atoms with van der Waals surface area (Å²) >= 11 is 0. The molecule has 0 radical (unpaired) electrons. The Morgan fingerprint density at radius 3 is 2.30 bits per heavy atom. The molecule has 0 aromatic rings. The lowest BCUT2D eigenvalue weighted by atomic mass is 10.1. The molecule has 10 heavy (non-hydrogen) atoms. The minimum absolute atomic E-state index is 0.296. The highest BCUT2D eigenvalue weighted by Gasteiger charge is 2.20. The SMILES string of the molecule is CCCN(C)C(C)(C)C=O. The average Bonchev–Trinajstić information content (AvgIpc) is 1.89. The fraction of sp³-hybridized carbons (Fsp3) is 0.875. The Hall–Kier alpha value is -0.370. The monoisotopic (exact) mass is 143 g/mol. The first-order valence-corrected chi connectivity index (χ1v) is 3.72. The van der Waals surface area contributed by atoms with E-state index in [2.05, 4.69) is 11.8 Å². The molecule has 0 aliphatic heterocycles. The zero-order valence-corrected chi connectivity index (χ0v) is 7.35. The van der Waals surface area contributed by atoms with Crippen molar-refractivity contribution >= 4 is 6.29 Å². The normalized spacial score (nSPS) is 12.1. The van der Waals surface area contributed by atoms with Gasteiger partial charge in [-0.05, 0) is 33.9 Å². The minimum atomic E-state index is -0.296. The Morgan fingerprint density at radius 1 is 1.50 bits per heavy atom. The molecule has 0 amide bonds. The van der Waals surface area contributed by atoms with E-state index in [9.17, 15) is 4.79 Å². The molecule has 0 saturated heterocycles. The van der Waals surface area contributed by atoms with E-state index < -0.39 is 0 Å². The second kappa shape index (κ2) is 3.71. The first kappa shape index (κ1) is 9.63.